The Hall–Kier alpha value is -1.33. The molecule has 2 heterocycles. The highest BCUT2D eigenvalue weighted by molar-refractivity contribution is 5.86. The number of hydrogen-bond acceptors (Lipinski definition) is 5. The molecule has 0 radical (unpaired) electrons. The van der Waals surface area contributed by atoms with Crippen molar-refractivity contribution in [3.8, 4) is 0 Å². The molecule has 1 aliphatic heterocycles. The summed E-state index contributed by atoms with van der Waals surface area (Å²) >= 11 is 0. The summed E-state index contributed by atoms with van der Waals surface area (Å²) in [5.41, 5.74) is 0. The van der Waals surface area contributed by atoms with Gasteiger partial charge in [0.15, 0.2) is 0 Å². The monoisotopic (exact) mass is 294 g/mol. The minimum atomic E-state index is -0.419. The van der Waals surface area contributed by atoms with Crippen LogP contribution in [0.15, 0.2) is 16.5 Å². The quantitative estimate of drug-likeness (QED) is 0.783. The van der Waals surface area contributed by atoms with Gasteiger partial charge in [-0.05, 0) is 44.5 Å². The van der Waals surface area contributed by atoms with Gasteiger partial charge >= 0.3 is 5.97 Å². The minimum Gasteiger partial charge on any atom is -0.463 e. The molecule has 1 atom stereocenters. The molecule has 1 saturated heterocycles. The summed E-state index contributed by atoms with van der Waals surface area (Å²) in [6.45, 7) is 6.11. The van der Waals surface area contributed by atoms with Crippen molar-refractivity contribution in [3.63, 3.8) is 0 Å². The molecule has 1 fully saturated rings. The second-order valence-corrected chi connectivity index (χ2v) is 5.64. The summed E-state index contributed by atoms with van der Waals surface area (Å²) in [4.78, 5) is 13.8. The van der Waals surface area contributed by atoms with Crippen molar-refractivity contribution < 1.29 is 13.9 Å². The average molecular weight is 294 g/mol. The SMILES string of the molecule is CCCN(Cc1ccc(C(=O)OC)o1)CC1CCCCN1. The molecule has 0 aromatic carbocycles. The molecular weight excluding hydrogens is 268 g/mol. The normalized spacial score (nSPS) is 18.9. The van der Waals surface area contributed by atoms with E-state index >= 15 is 0 Å². The highest BCUT2D eigenvalue weighted by Gasteiger charge is 2.18. The Bertz CT molecular complexity index is 438. The average Bonchev–Trinajstić information content (AvgIpc) is 2.96. The van der Waals surface area contributed by atoms with Gasteiger partial charge in [-0.25, -0.2) is 4.79 Å². The number of esters is 1. The molecular formula is C16H26N2O3. The zero-order chi connectivity index (χ0) is 15.1. The van der Waals surface area contributed by atoms with Gasteiger partial charge in [-0.1, -0.05) is 13.3 Å². The van der Waals surface area contributed by atoms with Crippen LogP contribution < -0.4 is 5.32 Å². The largest absolute Gasteiger partial charge is 0.463 e. The lowest BCUT2D eigenvalue weighted by molar-refractivity contribution is 0.0560. The molecule has 2 rings (SSSR count). The van der Waals surface area contributed by atoms with Gasteiger partial charge in [-0.15, -0.1) is 0 Å². The van der Waals surface area contributed by atoms with E-state index in [9.17, 15) is 4.79 Å². The molecule has 1 aromatic heterocycles. The second kappa shape index (κ2) is 8.20. The zero-order valence-corrected chi connectivity index (χ0v) is 13.1. The van der Waals surface area contributed by atoms with E-state index in [1.807, 2.05) is 6.07 Å². The van der Waals surface area contributed by atoms with Crippen molar-refractivity contribution >= 4 is 5.97 Å². The molecule has 21 heavy (non-hydrogen) atoms. The lowest BCUT2D eigenvalue weighted by Gasteiger charge is -2.29. The van der Waals surface area contributed by atoms with Crippen molar-refractivity contribution in [2.75, 3.05) is 26.7 Å². The fourth-order valence-electron chi connectivity index (χ4n) is 2.84. The predicted octanol–water partition coefficient (Wildman–Crippen LogP) is 2.42. The number of piperidine rings is 1. The van der Waals surface area contributed by atoms with Gasteiger partial charge in [-0.2, -0.15) is 0 Å². The van der Waals surface area contributed by atoms with Gasteiger partial charge in [-0.3, -0.25) is 4.90 Å². The number of rotatable bonds is 7. The van der Waals surface area contributed by atoms with Crippen LogP contribution in [-0.2, 0) is 11.3 Å². The maximum absolute atomic E-state index is 11.4. The Labute approximate surface area is 126 Å². The summed E-state index contributed by atoms with van der Waals surface area (Å²) in [7, 11) is 1.36. The van der Waals surface area contributed by atoms with E-state index in [1.165, 1.54) is 26.4 Å². The number of nitrogens with zero attached hydrogens (tertiary/aromatic N) is 1. The first-order valence-electron chi connectivity index (χ1n) is 7.85. The van der Waals surface area contributed by atoms with Crippen LogP contribution in [0.25, 0.3) is 0 Å². The molecule has 1 aromatic rings. The Kier molecular flexibility index (Phi) is 6.26. The fraction of sp³-hybridized carbons (Fsp3) is 0.688. The lowest BCUT2D eigenvalue weighted by atomic mass is 10.0. The molecule has 118 valence electrons. The van der Waals surface area contributed by atoms with Gasteiger partial charge in [0, 0.05) is 12.6 Å². The van der Waals surface area contributed by atoms with E-state index in [0.717, 1.165) is 38.4 Å². The third-order valence-corrected chi connectivity index (χ3v) is 3.86. The molecule has 1 unspecified atom stereocenters. The molecule has 0 saturated carbocycles. The summed E-state index contributed by atoms with van der Waals surface area (Å²) in [6.07, 6.45) is 4.94. The maximum atomic E-state index is 11.4. The fourth-order valence-corrected chi connectivity index (χ4v) is 2.84. The van der Waals surface area contributed by atoms with Gasteiger partial charge in [0.1, 0.15) is 5.76 Å². The first kappa shape index (κ1) is 16.0. The molecule has 5 nitrogen and oxygen atoms in total. The summed E-state index contributed by atoms with van der Waals surface area (Å²) in [6, 6.07) is 4.12. The number of carbonyl (C=O) groups is 1. The minimum absolute atomic E-state index is 0.278. The van der Waals surface area contributed by atoms with E-state index in [4.69, 9.17) is 4.42 Å². The Morgan fingerprint density at radius 1 is 1.48 bits per heavy atom. The van der Waals surface area contributed by atoms with Crippen molar-refractivity contribution in [2.24, 2.45) is 0 Å². The Balaban J connectivity index is 1.91. The summed E-state index contributed by atoms with van der Waals surface area (Å²) in [5, 5.41) is 3.58. The molecule has 0 bridgehead atoms. The van der Waals surface area contributed by atoms with Crippen molar-refractivity contribution in [1.29, 1.82) is 0 Å². The molecule has 1 aliphatic rings. The first-order chi connectivity index (χ1) is 10.2. The number of ether oxygens (including phenoxy) is 1. The maximum Gasteiger partial charge on any atom is 0.373 e. The zero-order valence-electron chi connectivity index (χ0n) is 13.1. The van der Waals surface area contributed by atoms with E-state index in [1.54, 1.807) is 6.07 Å². The topological polar surface area (TPSA) is 54.7 Å². The van der Waals surface area contributed by atoms with E-state index in [2.05, 4.69) is 21.9 Å². The highest BCUT2D eigenvalue weighted by atomic mass is 16.5. The molecule has 1 N–H and O–H groups in total. The van der Waals surface area contributed by atoms with Gasteiger partial charge in [0.2, 0.25) is 5.76 Å². The standard InChI is InChI=1S/C16H26N2O3/c1-3-10-18(11-13-6-4-5-9-17-13)12-14-7-8-15(21-14)16(19)20-2/h7-8,13,17H,3-6,9-12H2,1-2H3. The van der Waals surface area contributed by atoms with Crippen molar-refractivity contribution in [3.05, 3.63) is 23.7 Å². The van der Waals surface area contributed by atoms with Crippen LogP contribution in [0.2, 0.25) is 0 Å². The van der Waals surface area contributed by atoms with E-state index in [-0.39, 0.29) is 5.76 Å². The predicted molar refractivity (Wildman–Crippen MR) is 81.3 cm³/mol. The number of hydrogen-bond donors (Lipinski definition) is 1. The van der Waals surface area contributed by atoms with Crippen LogP contribution in [0.4, 0.5) is 0 Å². The second-order valence-electron chi connectivity index (χ2n) is 5.64. The van der Waals surface area contributed by atoms with E-state index < -0.39 is 5.97 Å². The molecule has 5 heteroatoms. The Morgan fingerprint density at radius 2 is 2.33 bits per heavy atom. The number of carbonyl (C=O) groups excluding carboxylic acids is 1. The highest BCUT2D eigenvalue weighted by Crippen LogP contribution is 2.14. The number of nitrogens with one attached hydrogen (secondary N) is 1. The van der Waals surface area contributed by atoms with Crippen LogP contribution >= 0.6 is 0 Å². The lowest BCUT2D eigenvalue weighted by Crippen LogP contribution is -2.43. The number of furan rings is 1. The van der Waals surface area contributed by atoms with Crippen LogP contribution in [0.5, 0.6) is 0 Å². The van der Waals surface area contributed by atoms with Crippen LogP contribution in [-0.4, -0.2) is 43.7 Å². The number of methoxy groups -OCH3 is 1. The summed E-state index contributed by atoms with van der Waals surface area (Å²) < 4.78 is 10.2. The van der Waals surface area contributed by atoms with Crippen LogP contribution in [0.3, 0.4) is 0 Å². The molecule has 0 amide bonds. The van der Waals surface area contributed by atoms with Crippen molar-refractivity contribution in [1.82, 2.24) is 10.2 Å². The van der Waals surface area contributed by atoms with Gasteiger partial charge in [0.25, 0.3) is 0 Å². The van der Waals surface area contributed by atoms with Gasteiger partial charge < -0.3 is 14.5 Å². The van der Waals surface area contributed by atoms with E-state index in [0.29, 0.717) is 6.04 Å². The Morgan fingerprint density at radius 3 is 3.00 bits per heavy atom. The molecule has 0 aliphatic carbocycles. The van der Waals surface area contributed by atoms with Crippen LogP contribution in [0.1, 0.15) is 48.9 Å². The third kappa shape index (κ3) is 4.86. The van der Waals surface area contributed by atoms with Crippen molar-refractivity contribution in [2.45, 2.75) is 45.2 Å². The molecule has 0 spiro atoms. The summed E-state index contributed by atoms with van der Waals surface area (Å²) in [5.74, 6) is 0.677. The van der Waals surface area contributed by atoms with Crippen LogP contribution in [0, 0.1) is 0 Å². The van der Waals surface area contributed by atoms with Gasteiger partial charge in [0.05, 0.1) is 13.7 Å². The third-order valence-electron chi connectivity index (χ3n) is 3.86. The first-order valence-corrected chi connectivity index (χ1v) is 7.85. The smallest absolute Gasteiger partial charge is 0.373 e.